The summed E-state index contributed by atoms with van der Waals surface area (Å²) < 4.78 is 0. The number of aliphatic hydroxyl groups excluding tert-OH is 1. The number of aromatic hydroxyl groups is 1. The van der Waals surface area contributed by atoms with Crippen molar-refractivity contribution in [3.8, 4) is 5.75 Å². The summed E-state index contributed by atoms with van der Waals surface area (Å²) in [6.45, 7) is 2.32. The Balaban J connectivity index is 0.000000302. The lowest BCUT2D eigenvalue weighted by Crippen LogP contribution is -2.43. The standard InChI is InChI=1S/C18H24O2.2HNO3/c1-18-9-8-14-13-5-3-12(19)10-11(13)2-4-15(14)16(18)6-7-17(18)20;2*2-1(3)4/h3,5,10,14-17,19-20H,2,4,6-9H2,1H3;2*(H,2,3,4)/t14-,15-,16+,17-,18+;;/m1../s1. The molecule has 2 saturated carbocycles. The number of phenols is 1. The van der Waals surface area contributed by atoms with Crippen LogP contribution in [-0.4, -0.2) is 36.9 Å². The molecular weight excluding hydrogens is 372 g/mol. The lowest BCUT2D eigenvalue weighted by Gasteiger charge is -2.50. The third kappa shape index (κ3) is 4.61. The van der Waals surface area contributed by atoms with Crippen LogP contribution in [0.3, 0.4) is 0 Å². The molecule has 1 aromatic carbocycles. The van der Waals surface area contributed by atoms with Crippen molar-refractivity contribution in [1.82, 2.24) is 0 Å². The molecule has 5 atom stereocenters. The maximum atomic E-state index is 10.4. The number of nitrogens with zero attached hydrogens (tertiary/aromatic N) is 2. The van der Waals surface area contributed by atoms with E-state index in [1.807, 2.05) is 12.1 Å². The first-order valence-electron chi connectivity index (χ1n) is 9.22. The van der Waals surface area contributed by atoms with Crippen LogP contribution in [0.15, 0.2) is 18.2 Å². The molecule has 3 aliphatic carbocycles. The van der Waals surface area contributed by atoms with Crippen LogP contribution in [0.1, 0.15) is 56.1 Å². The Labute approximate surface area is 161 Å². The van der Waals surface area contributed by atoms with Crippen LogP contribution in [0.5, 0.6) is 5.75 Å². The van der Waals surface area contributed by atoms with Crippen molar-refractivity contribution >= 4 is 0 Å². The Kier molecular flexibility index (Phi) is 6.65. The molecule has 0 amide bonds. The topological polar surface area (TPSA) is 167 Å². The smallest absolute Gasteiger partial charge is 0.291 e. The number of fused-ring (bicyclic) bond motifs is 5. The Bertz CT molecular complexity index is 708. The molecule has 10 nitrogen and oxygen atoms in total. The van der Waals surface area contributed by atoms with Gasteiger partial charge in [-0.1, -0.05) is 13.0 Å². The lowest BCUT2D eigenvalue weighted by molar-refractivity contribution is -0.742. The molecule has 0 bridgehead atoms. The fourth-order valence-electron chi connectivity index (χ4n) is 5.54. The molecule has 2 fully saturated rings. The Morgan fingerprint density at radius 2 is 1.68 bits per heavy atom. The van der Waals surface area contributed by atoms with Gasteiger partial charge >= 0.3 is 0 Å². The van der Waals surface area contributed by atoms with Crippen molar-refractivity contribution in [3.63, 3.8) is 0 Å². The van der Waals surface area contributed by atoms with Gasteiger partial charge in [0.1, 0.15) is 5.75 Å². The maximum absolute atomic E-state index is 10.4. The summed E-state index contributed by atoms with van der Waals surface area (Å²) in [5.74, 6) is 2.49. The van der Waals surface area contributed by atoms with Gasteiger partial charge in [0, 0.05) is 0 Å². The monoisotopic (exact) mass is 398 g/mol. The van der Waals surface area contributed by atoms with E-state index in [1.165, 1.54) is 30.4 Å². The lowest BCUT2D eigenvalue weighted by atomic mass is 9.55. The summed E-state index contributed by atoms with van der Waals surface area (Å²) in [4.78, 5) is 16.7. The highest BCUT2D eigenvalue weighted by molar-refractivity contribution is 5.40. The first kappa shape index (κ1) is 21.7. The largest absolute Gasteiger partial charge is 0.508 e. The Hall–Kier alpha value is -2.62. The van der Waals surface area contributed by atoms with Crippen molar-refractivity contribution in [2.45, 2.75) is 57.5 Å². The second-order valence-corrected chi connectivity index (χ2v) is 7.91. The van der Waals surface area contributed by atoms with Gasteiger partial charge in [0.25, 0.3) is 10.2 Å². The van der Waals surface area contributed by atoms with E-state index in [1.54, 1.807) is 0 Å². The van der Waals surface area contributed by atoms with Gasteiger partial charge in [-0.15, -0.1) is 20.2 Å². The fourth-order valence-corrected chi connectivity index (χ4v) is 5.54. The summed E-state index contributed by atoms with van der Waals surface area (Å²) in [6.07, 6.45) is 6.78. The number of aryl methyl sites for hydroxylation is 1. The van der Waals surface area contributed by atoms with Gasteiger partial charge in [-0.05, 0) is 85.0 Å². The minimum atomic E-state index is -1.50. The van der Waals surface area contributed by atoms with Gasteiger partial charge in [-0.2, -0.15) is 0 Å². The van der Waals surface area contributed by atoms with Gasteiger partial charge in [0.05, 0.1) is 6.10 Å². The van der Waals surface area contributed by atoms with Crippen molar-refractivity contribution in [3.05, 3.63) is 49.6 Å². The third-order valence-electron chi connectivity index (χ3n) is 6.66. The molecular formula is C18H26N2O8. The van der Waals surface area contributed by atoms with E-state index in [0.29, 0.717) is 17.6 Å². The van der Waals surface area contributed by atoms with Crippen LogP contribution in [0, 0.1) is 37.5 Å². The minimum Gasteiger partial charge on any atom is -0.508 e. The number of phenolic OH excluding ortho intramolecular Hbond substituents is 1. The summed E-state index contributed by atoms with van der Waals surface area (Å²) in [7, 11) is 0. The molecule has 0 saturated heterocycles. The first-order chi connectivity index (χ1) is 13.1. The van der Waals surface area contributed by atoms with E-state index >= 15 is 0 Å². The quantitative estimate of drug-likeness (QED) is 0.382. The molecule has 4 rings (SSSR count). The third-order valence-corrected chi connectivity index (χ3v) is 6.66. The van der Waals surface area contributed by atoms with E-state index in [4.69, 9.17) is 30.6 Å². The summed E-state index contributed by atoms with van der Waals surface area (Å²) >= 11 is 0. The number of aliphatic hydroxyl groups is 1. The van der Waals surface area contributed by atoms with E-state index in [0.717, 1.165) is 25.2 Å². The van der Waals surface area contributed by atoms with Gasteiger partial charge < -0.3 is 20.6 Å². The molecule has 28 heavy (non-hydrogen) atoms. The number of hydrogen-bond donors (Lipinski definition) is 4. The van der Waals surface area contributed by atoms with E-state index in [2.05, 4.69) is 13.0 Å². The first-order valence-corrected chi connectivity index (χ1v) is 9.22. The average Bonchev–Trinajstić information content (AvgIpc) is 2.89. The summed E-state index contributed by atoms with van der Waals surface area (Å²) in [6, 6.07) is 5.96. The molecule has 0 unspecified atom stereocenters. The number of benzene rings is 1. The Morgan fingerprint density at radius 1 is 1.07 bits per heavy atom. The van der Waals surface area contributed by atoms with Crippen LogP contribution in [-0.2, 0) is 6.42 Å². The second-order valence-electron chi connectivity index (χ2n) is 7.91. The zero-order chi connectivity index (χ0) is 21.1. The fraction of sp³-hybridized carbons (Fsp3) is 0.667. The molecule has 3 aliphatic rings. The highest BCUT2D eigenvalue weighted by Crippen LogP contribution is 2.60. The molecule has 156 valence electrons. The van der Waals surface area contributed by atoms with E-state index in [9.17, 15) is 10.2 Å². The van der Waals surface area contributed by atoms with Gasteiger partial charge in [0.2, 0.25) is 0 Å². The highest BCUT2D eigenvalue weighted by Gasteiger charge is 2.54. The predicted octanol–water partition coefficient (Wildman–Crippen LogP) is 2.91. The van der Waals surface area contributed by atoms with Crippen LogP contribution in [0.25, 0.3) is 0 Å². The van der Waals surface area contributed by atoms with Crippen LogP contribution in [0.4, 0.5) is 0 Å². The van der Waals surface area contributed by atoms with Gasteiger partial charge in [0.15, 0.2) is 0 Å². The number of hydrogen-bond acceptors (Lipinski definition) is 6. The van der Waals surface area contributed by atoms with Gasteiger partial charge in [-0.3, -0.25) is 0 Å². The minimum absolute atomic E-state index is 0.0883. The molecule has 0 heterocycles. The SMILES string of the molecule is C[C@]12CC[C@@H]3c4ccc(O)cc4CC[C@H]3[C@@H]1CC[C@H]2O.O=[N+]([O-])O.O=[N+]([O-])O. The molecule has 1 aromatic rings. The van der Waals surface area contributed by atoms with Crippen LogP contribution in [0.2, 0.25) is 0 Å². The van der Waals surface area contributed by atoms with Crippen LogP contribution >= 0.6 is 0 Å². The molecule has 0 spiro atoms. The van der Waals surface area contributed by atoms with Crippen molar-refractivity contribution in [2.75, 3.05) is 0 Å². The summed E-state index contributed by atoms with van der Waals surface area (Å²) in [5, 5.41) is 47.3. The summed E-state index contributed by atoms with van der Waals surface area (Å²) in [5.41, 5.74) is 2.99. The normalized spacial score (nSPS) is 32.2. The van der Waals surface area contributed by atoms with Crippen molar-refractivity contribution in [2.24, 2.45) is 17.3 Å². The van der Waals surface area contributed by atoms with E-state index in [-0.39, 0.29) is 11.5 Å². The highest BCUT2D eigenvalue weighted by atomic mass is 16.9. The van der Waals surface area contributed by atoms with Crippen LogP contribution < -0.4 is 0 Å². The zero-order valence-corrected chi connectivity index (χ0v) is 15.6. The molecule has 0 aromatic heterocycles. The molecule has 10 heteroatoms. The second kappa shape index (κ2) is 8.59. The molecule has 4 N–H and O–H groups in total. The molecule has 0 aliphatic heterocycles. The van der Waals surface area contributed by atoms with Gasteiger partial charge in [-0.25, -0.2) is 0 Å². The predicted molar refractivity (Wildman–Crippen MR) is 96.3 cm³/mol. The average molecular weight is 398 g/mol. The number of rotatable bonds is 0. The molecule has 0 radical (unpaired) electrons. The zero-order valence-electron chi connectivity index (χ0n) is 15.6. The van der Waals surface area contributed by atoms with Crippen molar-refractivity contribution < 1.29 is 30.8 Å². The van der Waals surface area contributed by atoms with Crippen molar-refractivity contribution in [1.29, 1.82) is 0 Å². The maximum Gasteiger partial charge on any atom is 0.291 e. The van der Waals surface area contributed by atoms with E-state index < -0.39 is 10.2 Å². The Morgan fingerprint density at radius 3 is 2.29 bits per heavy atom.